The van der Waals surface area contributed by atoms with Crippen molar-refractivity contribution in [2.45, 2.75) is 19.9 Å². The Labute approximate surface area is 103 Å². The zero-order valence-electron chi connectivity index (χ0n) is 9.27. The third-order valence-electron chi connectivity index (χ3n) is 2.41. The molecule has 2 aromatic rings. The Hall–Kier alpha value is -1.69. The van der Waals surface area contributed by atoms with Crippen LogP contribution in [0.1, 0.15) is 13.3 Å². The summed E-state index contributed by atoms with van der Waals surface area (Å²) in [5, 5.41) is 16.4. The van der Waals surface area contributed by atoms with Crippen molar-refractivity contribution in [1.82, 2.24) is 14.8 Å². The molecule has 0 radical (unpaired) electrons. The highest BCUT2D eigenvalue weighted by Gasteiger charge is 2.12. The van der Waals surface area contributed by atoms with Crippen molar-refractivity contribution < 1.29 is 9.50 Å². The van der Waals surface area contributed by atoms with Gasteiger partial charge in [0.15, 0.2) is 10.6 Å². The van der Waals surface area contributed by atoms with E-state index in [4.69, 9.17) is 12.2 Å². The zero-order chi connectivity index (χ0) is 12.4. The van der Waals surface area contributed by atoms with Crippen LogP contribution in [0.5, 0.6) is 5.75 Å². The topological polar surface area (TPSA) is 53.8 Å². The molecule has 4 nitrogen and oxygen atoms in total. The molecule has 1 aromatic heterocycles. The number of phenols is 1. The van der Waals surface area contributed by atoms with Crippen molar-refractivity contribution >= 4 is 12.2 Å². The van der Waals surface area contributed by atoms with E-state index >= 15 is 0 Å². The molecule has 2 N–H and O–H groups in total. The average molecular weight is 253 g/mol. The fourth-order valence-corrected chi connectivity index (χ4v) is 1.87. The molecule has 6 heteroatoms. The van der Waals surface area contributed by atoms with Crippen LogP contribution in [0, 0.1) is 10.6 Å². The first-order valence-corrected chi connectivity index (χ1v) is 5.68. The summed E-state index contributed by atoms with van der Waals surface area (Å²) >= 11 is 5.10. The second kappa shape index (κ2) is 4.67. The molecule has 90 valence electrons. The van der Waals surface area contributed by atoms with Gasteiger partial charge in [-0.2, -0.15) is 5.10 Å². The highest BCUT2D eigenvalue weighted by atomic mass is 32.1. The Kier molecular flexibility index (Phi) is 3.23. The average Bonchev–Trinajstić information content (AvgIpc) is 2.62. The molecular formula is C11H12FN3OS. The van der Waals surface area contributed by atoms with Gasteiger partial charge < -0.3 is 9.67 Å². The summed E-state index contributed by atoms with van der Waals surface area (Å²) in [6.07, 6.45) is 0.892. The number of H-pyrrole nitrogens is 1. The summed E-state index contributed by atoms with van der Waals surface area (Å²) in [6, 6.07) is 3.83. The third-order valence-corrected chi connectivity index (χ3v) is 2.72. The quantitative estimate of drug-likeness (QED) is 0.827. The molecule has 0 fully saturated rings. The maximum atomic E-state index is 12.9. The Morgan fingerprint density at radius 3 is 2.94 bits per heavy atom. The van der Waals surface area contributed by atoms with Gasteiger partial charge in [0.05, 0.1) is 5.56 Å². The second-order valence-corrected chi connectivity index (χ2v) is 4.05. The molecular weight excluding hydrogens is 241 g/mol. The molecule has 1 heterocycles. The van der Waals surface area contributed by atoms with E-state index in [-0.39, 0.29) is 5.75 Å². The van der Waals surface area contributed by atoms with Gasteiger partial charge in [0, 0.05) is 12.6 Å². The van der Waals surface area contributed by atoms with Crippen LogP contribution in [0.3, 0.4) is 0 Å². The predicted molar refractivity (Wildman–Crippen MR) is 64.8 cm³/mol. The molecule has 0 saturated heterocycles. The van der Waals surface area contributed by atoms with Crippen LogP contribution in [0.15, 0.2) is 18.2 Å². The molecule has 1 aromatic carbocycles. The minimum atomic E-state index is -0.484. The van der Waals surface area contributed by atoms with Gasteiger partial charge in [-0.1, -0.05) is 6.92 Å². The number of nitrogens with one attached hydrogen (secondary N) is 1. The smallest absolute Gasteiger partial charge is 0.195 e. The van der Waals surface area contributed by atoms with Crippen LogP contribution in [-0.2, 0) is 6.54 Å². The first kappa shape index (κ1) is 11.8. The van der Waals surface area contributed by atoms with E-state index in [2.05, 4.69) is 10.2 Å². The highest BCUT2D eigenvalue weighted by Crippen LogP contribution is 2.28. The Balaban J connectivity index is 2.56. The summed E-state index contributed by atoms with van der Waals surface area (Å²) in [6.45, 7) is 2.71. The standard InChI is InChI=1S/C11H12FN3OS/c1-2-5-15-10(13-14-11(15)17)8-4-3-7(12)6-9(8)16/h3-4,6,16H,2,5H2,1H3,(H,14,17). The van der Waals surface area contributed by atoms with Crippen LogP contribution in [-0.4, -0.2) is 19.9 Å². The zero-order valence-corrected chi connectivity index (χ0v) is 10.1. The number of aromatic amines is 1. The molecule has 0 aliphatic carbocycles. The molecule has 0 atom stereocenters. The van der Waals surface area contributed by atoms with E-state index in [0.29, 0.717) is 22.7 Å². The largest absolute Gasteiger partial charge is 0.507 e. The van der Waals surface area contributed by atoms with E-state index in [1.54, 1.807) is 4.57 Å². The number of hydrogen-bond acceptors (Lipinski definition) is 3. The van der Waals surface area contributed by atoms with Gasteiger partial charge in [-0.25, -0.2) is 4.39 Å². The maximum absolute atomic E-state index is 12.9. The Morgan fingerprint density at radius 2 is 2.29 bits per heavy atom. The number of aromatic nitrogens is 3. The summed E-state index contributed by atoms with van der Waals surface area (Å²) in [5.74, 6) is -0.104. The van der Waals surface area contributed by atoms with Gasteiger partial charge in [0.1, 0.15) is 11.6 Å². The fourth-order valence-electron chi connectivity index (χ4n) is 1.65. The van der Waals surface area contributed by atoms with Crippen molar-refractivity contribution in [3.05, 3.63) is 28.8 Å². The Morgan fingerprint density at radius 1 is 1.53 bits per heavy atom. The van der Waals surface area contributed by atoms with Crippen LogP contribution in [0.2, 0.25) is 0 Å². The molecule has 0 unspecified atom stereocenters. The van der Waals surface area contributed by atoms with Crippen molar-refractivity contribution in [1.29, 1.82) is 0 Å². The van der Waals surface area contributed by atoms with Crippen molar-refractivity contribution in [2.75, 3.05) is 0 Å². The lowest BCUT2D eigenvalue weighted by Crippen LogP contribution is -2.00. The number of nitrogens with zero attached hydrogens (tertiary/aromatic N) is 2. The minimum Gasteiger partial charge on any atom is -0.507 e. The van der Waals surface area contributed by atoms with E-state index in [0.717, 1.165) is 12.5 Å². The summed E-state index contributed by atoms with van der Waals surface area (Å²) in [7, 11) is 0. The van der Waals surface area contributed by atoms with E-state index in [1.807, 2.05) is 6.92 Å². The van der Waals surface area contributed by atoms with Crippen molar-refractivity contribution in [3.8, 4) is 17.1 Å². The third kappa shape index (κ3) is 2.21. The van der Waals surface area contributed by atoms with Crippen LogP contribution < -0.4 is 0 Å². The predicted octanol–water partition coefficient (Wildman–Crippen LogP) is 2.86. The summed E-state index contributed by atoms with van der Waals surface area (Å²) < 4.78 is 15.2. The molecule has 0 aliphatic heterocycles. The van der Waals surface area contributed by atoms with Gasteiger partial charge in [-0.3, -0.25) is 5.10 Å². The number of hydrogen-bond donors (Lipinski definition) is 2. The normalized spacial score (nSPS) is 10.7. The van der Waals surface area contributed by atoms with Gasteiger partial charge in [0.25, 0.3) is 0 Å². The number of halogens is 1. The summed E-state index contributed by atoms with van der Waals surface area (Å²) in [5.41, 5.74) is 0.465. The number of benzene rings is 1. The van der Waals surface area contributed by atoms with Crippen LogP contribution in [0.4, 0.5) is 4.39 Å². The molecule has 0 saturated carbocycles. The molecule has 0 bridgehead atoms. The van der Waals surface area contributed by atoms with Gasteiger partial charge >= 0.3 is 0 Å². The minimum absolute atomic E-state index is 0.142. The SMILES string of the molecule is CCCn1c(-c2ccc(F)cc2O)n[nH]c1=S. The fraction of sp³-hybridized carbons (Fsp3) is 0.273. The second-order valence-electron chi connectivity index (χ2n) is 3.67. The van der Waals surface area contributed by atoms with Crippen molar-refractivity contribution in [2.24, 2.45) is 0 Å². The number of phenolic OH excluding ortho intramolecular Hbond substituents is 1. The highest BCUT2D eigenvalue weighted by molar-refractivity contribution is 7.71. The van der Waals surface area contributed by atoms with Gasteiger partial charge in [0.2, 0.25) is 0 Å². The molecule has 17 heavy (non-hydrogen) atoms. The molecule has 0 spiro atoms. The monoisotopic (exact) mass is 253 g/mol. The first-order chi connectivity index (χ1) is 8.13. The molecule has 0 amide bonds. The van der Waals surface area contributed by atoms with Crippen LogP contribution in [0.25, 0.3) is 11.4 Å². The van der Waals surface area contributed by atoms with Crippen LogP contribution >= 0.6 is 12.2 Å². The number of rotatable bonds is 3. The van der Waals surface area contributed by atoms with E-state index in [9.17, 15) is 9.50 Å². The van der Waals surface area contributed by atoms with Crippen molar-refractivity contribution in [3.63, 3.8) is 0 Å². The Bertz CT molecular complexity index is 591. The molecule has 0 aliphatic rings. The maximum Gasteiger partial charge on any atom is 0.195 e. The first-order valence-electron chi connectivity index (χ1n) is 5.27. The number of aromatic hydroxyl groups is 1. The lowest BCUT2D eigenvalue weighted by molar-refractivity contribution is 0.470. The van der Waals surface area contributed by atoms with Gasteiger partial charge in [-0.15, -0.1) is 0 Å². The lowest BCUT2D eigenvalue weighted by atomic mass is 10.2. The lowest BCUT2D eigenvalue weighted by Gasteiger charge is -2.06. The van der Waals surface area contributed by atoms with E-state index < -0.39 is 5.82 Å². The van der Waals surface area contributed by atoms with Gasteiger partial charge in [-0.05, 0) is 30.8 Å². The molecule has 2 rings (SSSR count). The summed E-state index contributed by atoms with van der Waals surface area (Å²) in [4.78, 5) is 0. The van der Waals surface area contributed by atoms with E-state index in [1.165, 1.54) is 12.1 Å².